The molecule has 4 aromatic carbocycles. The van der Waals surface area contributed by atoms with Crippen LogP contribution in [0.1, 0.15) is 60.5 Å². The maximum atomic E-state index is 15.6. The van der Waals surface area contributed by atoms with Gasteiger partial charge in [-0.25, -0.2) is 14.4 Å². The second-order valence-corrected chi connectivity index (χ2v) is 13.5. The number of aromatic nitrogens is 4. The molecule has 2 amide bonds. The van der Waals surface area contributed by atoms with E-state index in [1.807, 2.05) is 107 Å². The molecular weight excluding hydrogens is 640 g/mol. The second kappa shape index (κ2) is 14.2. The molecule has 0 spiro atoms. The van der Waals surface area contributed by atoms with Crippen LogP contribution in [-0.2, 0) is 22.4 Å². The number of aromatic amines is 2. The normalized spacial score (nSPS) is 17.3. The summed E-state index contributed by atoms with van der Waals surface area (Å²) in [5.74, 6) is 1.32. The lowest BCUT2D eigenvalue weighted by atomic mass is 10.0. The maximum Gasteiger partial charge on any atom is 0.227 e. The number of hydrogen-bond donors (Lipinski definition) is 2. The molecule has 4 heterocycles. The summed E-state index contributed by atoms with van der Waals surface area (Å²) < 4.78 is 15.6. The number of halogens is 1. The zero-order chi connectivity index (χ0) is 34.7. The number of carbonyl (C=O) groups is 2. The van der Waals surface area contributed by atoms with E-state index in [2.05, 4.69) is 19.9 Å². The summed E-state index contributed by atoms with van der Waals surface area (Å²) in [6, 6.07) is 32.6. The van der Waals surface area contributed by atoms with Crippen LogP contribution in [-0.4, -0.2) is 54.6 Å². The summed E-state index contributed by atoms with van der Waals surface area (Å²) in [5.41, 5.74) is 6.51. The van der Waals surface area contributed by atoms with E-state index in [9.17, 15) is 9.59 Å². The molecule has 2 aliphatic heterocycles. The standard InChI is InChI=1S/C42H39FN6O2/c43-34-25-32(19-20-33(34)36-27-45-42(47-36)38-14-8-22-49(38)40(51)24-29-11-5-2-6-12-29)30-15-17-31(18-16-30)35-26-44-41(46-35)37-13-7-21-48(37)39(50)23-28-9-3-1-4-10-28/h1-6,9-12,15-20,25-27,37-38H,7-8,13-14,21-24H2,(H,44,46)(H,45,47)/t37?,38-/m0/s1. The molecule has 2 fully saturated rings. The Labute approximate surface area is 296 Å². The van der Waals surface area contributed by atoms with Crippen LogP contribution in [0.2, 0.25) is 0 Å². The van der Waals surface area contributed by atoms with Gasteiger partial charge in [0.05, 0.1) is 48.7 Å². The maximum absolute atomic E-state index is 15.6. The monoisotopic (exact) mass is 678 g/mol. The molecule has 0 saturated carbocycles. The predicted molar refractivity (Wildman–Crippen MR) is 195 cm³/mol. The van der Waals surface area contributed by atoms with E-state index < -0.39 is 0 Å². The highest BCUT2D eigenvalue weighted by molar-refractivity contribution is 5.80. The predicted octanol–water partition coefficient (Wildman–Crippen LogP) is 8.09. The minimum atomic E-state index is -0.351. The minimum Gasteiger partial charge on any atom is -0.340 e. The fourth-order valence-corrected chi connectivity index (χ4v) is 7.49. The fourth-order valence-electron chi connectivity index (χ4n) is 7.49. The first-order chi connectivity index (χ1) is 25.0. The third kappa shape index (κ3) is 6.84. The molecule has 2 N–H and O–H groups in total. The van der Waals surface area contributed by atoms with Gasteiger partial charge < -0.3 is 19.8 Å². The molecule has 51 heavy (non-hydrogen) atoms. The second-order valence-electron chi connectivity index (χ2n) is 13.5. The Kier molecular flexibility index (Phi) is 9.01. The lowest BCUT2D eigenvalue weighted by Crippen LogP contribution is -2.32. The molecule has 2 saturated heterocycles. The van der Waals surface area contributed by atoms with E-state index in [1.165, 1.54) is 0 Å². The van der Waals surface area contributed by atoms with Gasteiger partial charge in [-0.1, -0.05) is 91.0 Å². The number of amides is 2. The molecule has 2 aromatic heterocycles. The summed E-state index contributed by atoms with van der Waals surface area (Å²) in [6.45, 7) is 1.42. The molecule has 0 bridgehead atoms. The van der Waals surface area contributed by atoms with Gasteiger partial charge in [-0.05, 0) is 65.6 Å². The highest BCUT2D eigenvalue weighted by atomic mass is 19.1. The lowest BCUT2D eigenvalue weighted by molar-refractivity contribution is -0.132. The van der Waals surface area contributed by atoms with Crippen molar-refractivity contribution in [3.05, 3.63) is 144 Å². The molecule has 256 valence electrons. The number of hydrogen-bond acceptors (Lipinski definition) is 4. The quantitative estimate of drug-likeness (QED) is 0.162. The first kappa shape index (κ1) is 32.4. The number of carbonyl (C=O) groups excluding carboxylic acids is 2. The van der Waals surface area contributed by atoms with E-state index in [1.54, 1.807) is 18.3 Å². The van der Waals surface area contributed by atoms with Crippen LogP contribution < -0.4 is 0 Å². The number of H-pyrrole nitrogens is 2. The molecule has 8 rings (SSSR count). The minimum absolute atomic E-state index is 0.0686. The molecule has 8 nitrogen and oxygen atoms in total. The number of imidazole rings is 2. The van der Waals surface area contributed by atoms with Crippen molar-refractivity contribution in [3.63, 3.8) is 0 Å². The largest absolute Gasteiger partial charge is 0.340 e. The molecule has 1 unspecified atom stereocenters. The van der Waals surface area contributed by atoms with Gasteiger partial charge in [0, 0.05) is 18.7 Å². The molecular formula is C42H39FN6O2. The van der Waals surface area contributed by atoms with Crippen LogP contribution in [0.5, 0.6) is 0 Å². The first-order valence-corrected chi connectivity index (χ1v) is 17.7. The fraction of sp³-hybridized carbons (Fsp3) is 0.238. The molecule has 0 aliphatic carbocycles. The Morgan fingerprint density at radius 1 is 0.627 bits per heavy atom. The Hall–Kier alpha value is -5.83. The third-order valence-electron chi connectivity index (χ3n) is 10.2. The molecule has 9 heteroatoms. The van der Waals surface area contributed by atoms with E-state index in [0.717, 1.165) is 71.6 Å². The van der Waals surface area contributed by atoms with Gasteiger partial charge in [-0.15, -0.1) is 0 Å². The molecule has 2 atom stereocenters. The molecule has 2 aliphatic rings. The van der Waals surface area contributed by atoms with E-state index >= 15 is 4.39 Å². The Morgan fingerprint density at radius 2 is 1.12 bits per heavy atom. The topological polar surface area (TPSA) is 98.0 Å². The van der Waals surface area contributed by atoms with Gasteiger partial charge in [-0.3, -0.25) is 9.59 Å². The van der Waals surface area contributed by atoms with E-state index in [0.29, 0.717) is 36.5 Å². The Bertz CT molecular complexity index is 2140. The molecule has 0 radical (unpaired) electrons. The van der Waals surface area contributed by atoms with Crippen LogP contribution in [0.15, 0.2) is 116 Å². The number of nitrogens with one attached hydrogen (secondary N) is 2. The van der Waals surface area contributed by atoms with Crippen molar-refractivity contribution in [1.82, 2.24) is 29.7 Å². The highest BCUT2D eigenvalue weighted by Crippen LogP contribution is 2.35. The van der Waals surface area contributed by atoms with Crippen LogP contribution >= 0.6 is 0 Å². The number of benzene rings is 4. The SMILES string of the molecule is O=C(Cc1ccccc1)N1CCCC1c1ncc(-c2ccc(-c3ccc(-c4cnc([C@@H]5CCCN5C(=O)Cc5ccccc5)[nH]4)c(F)c3)cc2)[nH]1. The van der Waals surface area contributed by atoms with Crippen LogP contribution in [0.4, 0.5) is 4.39 Å². The van der Waals surface area contributed by atoms with Crippen molar-refractivity contribution < 1.29 is 14.0 Å². The van der Waals surface area contributed by atoms with Crippen molar-refractivity contribution in [1.29, 1.82) is 0 Å². The van der Waals surface area contributed by atoms with Crippen molar-refractivity contribution in [2.24, 2.45) is 0 Å². The van der Waals surface area contributed by atoms with Gasteiger partial charge in [0.2, 0.25) is 11.8 Å². The van der Waals surface area contributed by atoms with Crippen molar-refractivity contribution in [3.8, 4) is 33.6 Å². The average molecular weight is 679 g/mol. The van der Waals surface area contributed by atoms with E-state index in [-0.39, 0.29) is 29.7 Å². The van der Waals surface area contributed by atoms with Crippen LogP contribution in [0, 0.1) is 5.82 Å². The van der Waals surface area contributed by atoms with Crippen molar-refractivity contribution in [2.75, 3.05) is 13.1 Å². The number of rotatable bonds is 9. The van der Waals surface area contributed by atoms with Gasteiger partial charge in [0.15, 0.2) is 0 Å². The lowest BCUT2D eigenvalue weighted by Gasteiger charge is -2.23. The summed E-state index contributed by atoms with van der Waals surface area (Å²) >= 11 is 0. The van der Waals surface area contributed by atoms with Crippen LogP contribution in [0.3, 0.4) is 0 Å². The zero-order valence-corrected chi connectivity index (χ0v) is 28.3. The van der Waals surface area contributed by atoms with E-state index in [4.69, 9.17) is 0 Å². The van der Waals surface area contributed by atoms with Gasteiger partial charge in [-0.2, -0.15) is 0 Å². The third-order valence-corrected chi connectivity index (χ3v) is 10.2. The Morgan fingerprint density at radius 3 is 1.67 bits per heavy atom. The average Bonchev–Trinajstić information content (AvgIpc) is 3.99. The molecule has 6 aromatic rings. The Balaban J connectivity index is 0.931. The van der Waals surface area contributed by atoms with Crippen LogP contribution in [0.25, 0.3) is 33.6 Å². The first-order valence-electron chi connectivity index (χ1n) is 17.7. The van der Waals surface area contributed by atoms with Crippen molar-refractivity contribution >= 4 is 11.8 Å². The summed E-state index contributed by atoms with van der Waals surface area (Å²) in [5, 5.41) is 0. The van der Waals surface area contributed by atoms with Gasteiger partial charge >= 0.3 is 0 Å². The zero-order valence-electron chi connectivity index (χ0n) is 28.3. The summed E-state index contributed by atoms with van der Waals surface area (Å²) in [6.07, 6.45) is 7.75. The number of likely N-dealkylation sites (tertiary alicyclic amines) is 2. The smallest absolute Gasteiger partial charge is 0.227 e. The van der Waals surface area contributed by atoms with Gasteiger partial charge in [0.25, 0.3) is 0 Å². The summed E-state index contributed by atoms with van der Waals surface area (Å²) in [7, 11) is 0. The highest BCUT2D eigenvalue weighted by Gasteiger charge is 2.33. The number of nitrogens with zero attached hydrogens (tertiary/aromatic N) is 4. The van der Waals surface area contributed by atoms with Crippen molar-refractivity contribution in [2.45, 2.75) is 50.6 Å². The summed E-state index contributed by atoms with van der Waals surface area (Å²) in [4.78, 5) is 46.2. The van der Waals surface area contributed by atoms with Gasteiger partial charge in [0.1, 0.15) is 17.5 Å².